The van der Waals surface area contributed by atoms with E-state index in [4.69, 9.17) is 9.47 Å². The molecule has 14 heavy (non-hydrogen) atoms. The van der Waals surface area contributed by atoms with Crippen molar-refractivity contribution in [1.82, 2.24) is 0 Å². The molecule has 2 rings (SSSR count). The van der Waals surface area contributed by atoms with Crippen LogP contribution in [-0.4, -0.2) is 12.4 Å². The molecule has 1 aromatic carbocycles. The number of hydrogen-bond acceptors (Lipinski definition) is 2. The van der Waals surface area contributed by atoms with E-state index in [-0.39, 0.29) is 18.5 Å². The molecule has 0 saturated carbocycles. The van der Waals surface area contributed by atoms with Gasteiger partial charge in [-0.15, -0.1) is 0 Å². The van der Waals surface area contributed by atoms with Crippen LogP contribution in [0.4, 0.5) is 0 Å². The van der Waals surface area contributed by atoms with Gasteiger partial charge in [-0.1, -0.05) is 30.3 Å². The maximum Gasteiger partial charge on any atom is 0.155 e. The molecule has 0 spiro atoms. The third-order valence-electron chi connectivity index (χ3n) is 2.50. The van der Waals surface area contributed by atoms with Gasteiger partial charge >= 0.3 is 0 Å². The fourth-order valence-corrected chi connectivity index (χ4v) is 1.89. The smallest absolute Gasteiger partial charge is 0.155 e. The molecule has 0 N–H and O–H groups in total. The van der Waals surface area contributed by atoms with Crippen molar-refractivity contribution in [3.8, 4) is 0 Å². The summed E-state index contributed by atoms with van der Waals surface area (Å²) < 4.78 is 11.2. The van der Waals surface area contributed by atoms with Crippen LogP contribution in [0.5, 0.6) is 0 Å². The van der Waals surface area contributed by atoms with E-state index >= 15 is 0 Å². The summed E-state index contributed by atoms with van der Waals surface area (Å²) in [5.41, 5.74) is 1.24. The molecule has 1 aromatic rings. The molecule has 0 amide bonds. The normalized spacial score (nSPS) is 32.9. The summed E-state index contributed by atoms with van der Waals surface area (Å²) in [4.78, 5) is 0. The zero-order valence-electron chi connectivity index (χ0n) is 8.64. The summed E-state index contributed by atoms with van der Waals surface area (Å²) in [6.07, 6.45) is 1.32. The molecule has 2 heteroatoms. The molecule has 2 nitrogen and oxygen atoms in total. The molecular weight excluding hydrogens is 176 g/mol. The van der Waals surface area contributed by atoms with Gasteiger partial charge in [-0.25, -0.2) is 0 Å². The molecule has 3 unspecified atom stereocenters. The molecule has 3 atom stereocenters. The number of hydrogen-bond donors (Lipinski definition) is 0. The number of ether oxygens (including phenoxy) is 2. The minimum atomic E-state index is -0.0936. The van der Waals surface area contributed by atoms with E-state index < -0.39 is 0 Å². The van der Waals surface area contributed by atoms with E-state index in [0.717, 1.165) is 6.42 Å². The highest BCUT2D eigenvalue weighted by Gasteiger charge is 2.25. The predicted molar refractivity (Wildman–Crippen MR) is 54.9 cm³/mol. The quantitative estimate of drug-likeness (QED) is 0.681. The van der Waals surface area contributed by atoms with Crippen molar-refractivity contribution in [3.05, 3.63) is 35.9 Å². The monoisotopic (exact) mass is 192 g/mol. The molecule has 76 valence electrons. The van der Waals surface area contributed by atoms with Crippen molar-refractivity contribution < 1.29 is 9.47 Å². The summed E-state index contributed by atoms with van der Waals surface area (Å²) in [5.74, 6) is 0. The summed E-state index contributed by atoms with van der Waals surface area (Å²) >= 11 is 0. The maximum absolute atomic E-state index is 5.72. The molecule has 1 heterocycles. The van der Waals surface area contributed by atoms with Crippen molar-refractivity contribution in [1.29, 1.82) is 0 Å². The van der Waals surface area contributed by atoms with Crippen LogP contribution in [0.15, 0.2) is 30.3 Å². The lowest BCUT2D eigenvalue weighted by Gasteiger charge is -2.32. The van der Waals surface area contributed by atoms with Gasteiger partial charge in [-0.05, 0) is 19.4 Å². The van der Waals surface area contributed by atoms with Crippen LogP contribution in [-0.2, 0) is 9.47 Å². The average molecular weight is 192 g/mol. The standard InChI is InChI=1S/C12H16O2/c1-9-8-12(14-10(2)13-9)11-6-4-3-5-7-11/h3-7,9-10,12H,8H2,1-2H3. The van der Waals surface area contributed by atoms with E-state index in [1.165, 1.54) is 5.56 Å². The Hall–Kier alpha value is -0.860. The van der Waals surface area contributed by atoms with Gasteiger partial charge in [0.05, 0.1) is 12.2 Å². The molecule has 1 fully saturated rings. The largest absolute Gasteiger partial charge is 0.350 e. The lowest BCUT2D eigenvalue weighted by Crippen LogP contribution is -2.30. The van der Waals surface area contributed by atoms with Gasteiger partial charge < -0.3 is 9.47 Å². The predicted octanol–water partition coefficient (Wildman–Crippen LogP) is 2.90. The first-order valence-corrected chi connectivity index (χ1v) is 5.11. The number of rotatable bonds is 1. The van der Waals surface area contributed by atoms with Crippen molar-refractivity contribution >= 4 is 0 Å². The van der Waals surface area contributed by atoms with Crippen LogP contribution in [0, 0.1) is 0 Å². The van der Waals surface area contributed by atoms with Crippen LogP contribution in [0.2, 0.25) is 0 Å². The van der Waals surface area contributed by atoms with E-state index in [1.54, 1.807) is 0 Å². The Morgan fingerprint density at radius 1 is 1.07 bits per heavy atom. The first kappa shape index (κ1) is 9.69. The highest BCUT2D eigenvalue weighted by molar-refractivity contribution is 5.17. The van der Waals surface area contributed by atoms with Crippen LogP contribution >= 0.6 is 0 Å². The van der Waals surface area contributed by atoms with E-state index in [1.807, 2.05) is 25.1 Å². The van der Waals surface area contributed by atoms with Gasteiger partial charge in [0.15, 0.2) is 6.29 Å². The van der Waals surface area contributed by atoms with Crippen molar-refractivity contribution in [3.63, 3.8) is 0 Å². The minimum absolute atomic E-state index is 0.0936. The van der Waals surface area contributed by atoms with Crippen LogP contribution < -0.4 is 0 Å². The van der Waals surface area contributed by atoms with E-state index in [2.05, 4.69) is 19.1 Å². The fraction of sp³-hybridized carbons (Fsp3) is 0.500. The van der Waals surface area contributed by atoms with Crippen LogP contribution in [0.3, 0.4) is 0 Å². The van der Waals surface area contributed by atoms with Crippen molar-refractivity contribution in [2.75, 3.05) is 0 Å². The molecule has 1 aliphatic rings. The van der Waals surface area contributed by atoms with Gasteiger partial charge in [0.25, 0.3) is 0 Å². The lowest BCUT2D eigenvalue weighted by molar-refractivity contribution is -0.231. The summed E-state index contributed by atoms with van der Waals surface area (Å²) in [7, 11) is 0. The zero-order chi connectivity index (χ0) is 9.97. The Kier molecular flexibility index (Phi) is 2.85. The van der Waals surface area contributed by atoms with Gasteiger partial charge in [0, 0.05) is 6.42 Å². The molecule has 0 bridgehead atoms. The molecule has 1 saturated heterocycles. The SMILES string of the molecule is CC1CC(c2ccccc2)OC(C)O1. The Labute approximate surface area is 84.8 Å². The second-order valence-electron chi connectivity index (χ2n) is 3.79. The second-order valence-corrected chi connectivity index (χ2v) is 3.79. The third kappa shape index (κ3) is 2.14. The average Bonchev–Trinajstić information content (AvgIpc) is 2.18. The van der Waals surface area contributed by atoms with Gasteiger partial charge in [-0.2, -0.15) is 0 Å². The second kappa shape index (κ2) is 4.11. The van der Waals surface area contributed by atoms with Crippen molar-refractivity contribution in [2.24, 2.45) is 0 Å². The van der Waals surface area contributed by atoms with Crippen LogP contribution in [0.1, 0.15) is 31.9 Å². The van der Waals surface area contributed by atoms with Crippen molar-refractivity contribution in [2.45, 2.75) is 38.8 Å². The molecular formula is C12H16O2. The Balaban J connectivity index is 2.11. The fourth-order valence-electron chi connectivity index (χ4n) is 1.89. The Morgan fingerprint density at radius 3 is 2.43 bits per heavy atom. The van der Waals surface area contributed by atoms with E-state index in [9.17, 15) is 0 Å². The topological polar surface area (TPSA) is 18.5 Å². The zero-order valence-corrected chi connectivity index (χ0v) is 8.64. The first-order chi connectivity index (χ1) is 6.75. The van der Waals surface area contributed by atoms with Gasteiger partial charge in [0.1, 0.15) is 0 Å². The highest BCUT2D eigenvalue weighted by Crippen LogP contribution is 2.30. The maximum atomic E-state index is 5.72. The number of benzene rings is 1. The Bertz CT molecular complexity index is 274. The lowest BCUT2D eigenvalue weighted by atomic mass is 10.0. The third-order valence-corrected chi connectivity index (χ3v) is 2.50. The van der Waals surface area contributed by atoms with Gasteiger partial charge in [0.2, 0.25) is 0 Å². The summed E-state index contributed by atoms with van der Waals surface area (Å²) in [6.45, 7) is 4.04. The molecule has 0 radical (unpaired) electrons. The molecule has 0 aromatic heterocycles. The van der Waals surface area contributed by atoms with E-state index in [0.29, 0.717) is 0 Å². The highest BCUT2D eigenvalue weighted by atomic mass is 16.7. The summed E-state index contributed by atoms with van der Waals surface area (Å²) in [5, 5.41) is 0. The molecule has 0 aliphatic carbocycles. The molecule has 1 aliphatic heterocycles. The van der Waals surface area contributed by atoms with Gasteiger partial charge in [-0.3, -0.25) is 0 Å². The van der Waals surface area contributed by atoms with Crippen LogP contribution in [0.25, 0.3) is 0 Å². The minimum Gasteiger partial charge on any atom is -0.350 e. The Morgan fingerprint density at radius 2 is 1.79 bits per heavy atom. The first-order valence-electron chi connectivity index (χ1n) is 5.11. The summed E-state index contributed by atoms with van der Waals surface area (Å²) in [6, 6.07) is 10.3.